The topological polar surface area (TPSA) is 45.2 Å². The van der Waals surface area contributed by atoms with Crippen LogP contribution in [0.4, 0.5) is 0 Å². The molecule has 2 aliphatic rings. The van der Waals surface area contributed by atoms with Crippen molar-refractivity contribution in [2.75, 3.05) is 19.6 Å². The van der Waals surface area contributed by atoms with Crippen LogP contribution in [0.25, 0.3) is 0 Å². The number of nitrogens with zero attached hydrogens (tertiary/aromatic N) is 2. The first kappa shape index (κ1) is 15.5. The second-order valence-corrected chi connectivity index (χ2v) is 6.82. The maximum Gasteiger partial charge on any atom is 0.253 e. The number of amides is 1. The van der Waals surface area contributed by atoms with Crippen LogP contribution in [0.5, 0.6) is 0 Å². The van der Waals surface area contributed by atoms with Crippen LogP contribution in [0.1, 0.15) is 55.3 Å². The summed E-state index contributed by atoms with van der Waals surface area (Å²) in [6.07, 6.45) is 12.6. The fraction of sp³-hybridized carbons (Fsp3) is 0.667. The van der Waals surface area contributed by atoms with Gasteiger partial charge in [0.2, 0.25) is 0 Å². The van der Waals surface area contributed by atoms with Crippen molar-refractivity contribution >= 4 is 5.91 Å². The van der Waals surface area contributed by atoms with Crippen molar-refractivity contribution in [2.24, 2.45) is 5.92 Å². The summed E-state index contributed by atoms with van der Waals surface area (Å²) in [7, 11) is 0. The van der Waals surface area contributed by atoms with E-state index in [0.29, 0.717) is 5.56 Å². The van der Waals surface area contributed by atoms with Gasteiger partial charge in [0.25, 0.3) is 5.91 Å². The van der Waals surface area contributed by atoms with Gasteiger partial charge in [-0.05, 0) is 50.3 Å². The molecule has 0 aromatic carbocycles. The number of hydrogen-bond acceptors (Lipinski definition) is 3. The number of likely N-dealkylation sites (tertiary alicyclic amines) is 1. The number of aromatic nitrogens is 1. The van der Waals surface area contributed by atoms with Crippen LogP contribution in [0.2, 0.25) is 0 Å². The lowest BCUT2D eigenvalue weighted by molar-refractivity contribution is 0.0889. The summed E-state index contributed by atoms with van der Waals surface area (Å²) in [5, 5.41) is 3.18. The van der Waals surface area contributed by atoms with E-state index in [1.807, 2.05) is 12.1 Å². The summed E-state index contributed by atoms with van der Waals surface area (Å²) in [4.78, 5) is 18.8. The molecule has 2 heterocycles. The minimum Gasteiger partial charge on any atom is -0.348 e. The molecule has 0 bridgehead atoms. The van der Waals surface area contributed by atoms with Crippen LogP contribution in [-0.2, 0) is 0 Å². The van der Waals surface area contributed by atoms with Gasteiger partial charge in [-0.3, -0.25) is 9.78 Å². The Morgan fingerprint density at radius 1 is 1.23 bits per heavy atom. The largest absolute Gasteiger partial charge is 0.348 e. The number of pyridine rings is 1. The fourth-order valence-electron chi connectivity index (χ4n) is 3.84. The molecule has 1 N–H and O–H groups in total. The van der Waals surface area contributed by atoms with Gasteiger partial charge in [-0.1, -0.05) is 19.3 Å². The molecule has 0 unspecified atom stereocenters. The van der Waals surface area contributed by atoms with Crippen molar-refractivity contribution in [1.29, 1.82) is 0 Å². The summed E-state index contributed by atoms with van der Waals surface area (Å²) in [5.41, 5.74) is 0.659. The highest BCUT2D eigenvalue weighted by Crippen LogP contribution is 2.25. The second kappa shape index (κ2) is 7.73. The first-order chi connectivity index (χ1) is 10.8. The normalized spacial score (nSPS) is 24.1. The monoisotopic (exact) mass is 301 g/mol. The van der Waals surface area contributed by atoms with Gasteiger partial charge >= 0.3 is 0 Å². The highest BCUT2D eigenvalue weighted by Gasteiger charge is 2.24. The minimum atomic E-state index is 0.0117. The molecule has 1 saturated heterocycles. The fourth-order valence-corrected chi connectivity index (χ4v) is 3.84. The average Bonchev–Trinajstić information content (AvgIpc) is 2.57. The smallest absolute Gasteiger partial charge is 0.253 e. The molecule has 1 aromatic heterocycles. The van der Waals surface area contributed by atoms with Crippen LogP contribution < -0.4 is 5.32 Å². The van der Waals surface area contributed by atoms with E-state index in [9.17, 15) is 4.79 Å². The molecular weight excluding hydrogens is 274 g/mol. The molecule has 120 valence electrons. The first-order valence-corrected chi connectivity index (χ1v) is 8.74. The Morgan fingerprint density at radius 2 is 2.09 bits per heavy atom. The van der Waals surface area contributed by atoms with E-state index in [1.54, 1.807) is 12.4 Å². The van der Waals surface area contributed by atoms with Gasteiger partial charge in [0.1, 0.15) is 0 Å². The summed E-state index contributed by atoms with van der Waals surface area (Å²) >= 11 is 0. The van der Waals surface area contributed by atoms with Crippen LogP contribution in [0, 0.1) is 5.92 Å². The van der Waals surface area contributed by atoms with E-state index in [0.717, 1.165) is 18.9 Å². The van der Waals surface area contributed by atoms with Crippen molar-refractivity contribution in [3.05, 3.63) is 30.1 Å². The molecule has 4 heteroatoms. The van der Waals surface area contributed by atoms with Gasteiger partial charge < -0.3 is 10.2 Å². The number of piperidine rings is 1. The standard InChI is InChI=1S/C18H27N3O/c22-18(16-8-4-10-19-12-16)20-17-9-5-11-21(14-17)13-15-6-2-1-3-7-15/h4,8,10,12,15,17H,1-3,5-7,9,11,13-14H2,(H,20,22)/t17-/m1/s1. The Labute approximate surface area is 133 Å². The Hall–Kier alpha value is -1.42. The lowest BCUT2D eigenvalue weighted by Crippen LogP contribution is -2.48. The number of nitrogens with one attached hydrogen (secondary N) is 1. The van der Waals surface area contributed by atoms with E-state index < -0.39 is 0 Å². The van der Waals surface area contributed by atoms with Crippen LogP contribution >= 0.6 is 0 Å². The maximum absolute atomic E-state index is 12.2. The van der Waals surface area contributed by atoms with Crippen molar-refractivity contribution in [3.8, 4) is 0 Å². The van der Waals surface area contributed by atoms with Crippen LogP contribution in [-0.4, -0.2) is 41.5 Å². The number of carbonyl (C=O) groups excluding carboxylic acids is 1. The van der Waals surface area contributed by atoms with Gasteiger partial charge in [-0.15, -0.1) is 0 Å². The Kier molecular flexibility index (Phi) is 5.43. The molecule has 4 nitrogen and oxygen atoms in total. The lowest BCUT2D eigenvalue weighted by Gasteiger charge is -2.36. The van der Waals surface area contributed by atoms with Crippen molar-refractivity contribution in [1.82, 2.24) is 15.2 Å². The maximum atomic E-state index is 12.2. The molecule has 1 amide bonds. The molecule has 1 saturated carbocycles. The molecule has 1 atom stereocenters. The summed E-state index contributed by atoms with van der Waals surface area (Å²) in [6.45, 7) is 3.41. The summed E-state index contributed by atoms with van der Waals surface area (Å²) in [6, 6.07) is 3.92. The van der Waals surface area contributed by atoms with Gasteiger partial charge in [-0.25, -0.2) is 0 Å². The van der Waals surface area contributed by atoms with Crippen molar-refractivity contribution < 1.29 is 4.79 Å². The molecule has 3 rings (SSSR count). The number of hydrogen-bond donors (Lipinski definition) is 1. The minimum absolute atomic E-state index is 0.0117. The van der Waals surface area contributed by atoms with Crippen molar-refractivity contribution in [2.45, 2.75) is 51.0 Å². The van der Waals surface area contributed by atoms with Crippen LogP contribution in [0.3, 0.4) is 0 Å². The lowest BCUT2D eigenvalue weighted by atomic mass is 9.88. The van der Waals surface area contributed by atoms with Gasteiger partial charge in [0, 0.05) is 31.5 Å². The number of carbonyl (C=O) groups is 1. The predicted molar refractivity (Wildman–Crippen MR) is 87.7 cm³/mol. The van der Waals surface area contributed by atoms with E-state index >= 15 is 0 Å². The SMILES string of the molecule is O=C(N[C@@H]1CCCN(CC2CCCCC2)C1)c1cccnc1. The highest BCUT2D eigenvalue weighted by atomic mass is 16.1. The number of rotatable bonds is 4. The highest BCUT2D eigenvalue weighted by molar-refractivity contribution is 5.94. The molecule has 1 aromatic rings. The predicted octanol–water partition coefficient (Wildman–Crippen LogP) is 2.86. The zero-order valence-corrected chi connectivity index (χ0v) is 13.3. The molecule has 0 radical (unpaired) electrons. The van der Waals surface area contributed by atoms with E-state index in [1.165, 1.54) is 51.6 Å². The molecule has 0 spiro atoms. The zero-order chi connectivity index (χ0) is 15.2. The molecule has 2 fully saturated rings. The quantitative estimate of drug-likeness (QED) is 0.930. The van der Waals surface area contributed by atoms with Gasteiger partial charge in [0.15, 0.2) is 0 Å². The first-order valence-electron chi connectivity index (χ1n) is 8.74. The summed E-state index contributed by atoms with van der Waals surface area (Å²) < 4.78 is 0. The third-order valence-electron chi connectivity index (χ3n) is 5.01. The Bertz CT molecular complexity index is 470. The van der Waals surface area contributed by atoms with Crippen molar-refractivity contribution in [3.63, 3.8) is 0 Å². The zero-order valence-electron chi connectivity index (χ0n) is 13.3. The van der Waals surface area contributed by atoms with Crippen LogP contribution in [0.15, 0.2) is 24.5 Å². The Morgan fingerprint density at radius 3 is 2.86 bits per heavy atom. The molecule has 1 aliphatic heterocycles. The molecule has 1 aliphatic carbocycles. The Balaban J connectivity index is 1.49. The third kappa shape index (κ3) is 4.29. The van der Waals surface area contributed by atoms with E-state index in [-0.39, 0.29) is 11.9 Å². The van der Waals surface area contributed by atoms with Gasteiger partial charge in [-0.2, -0.15) is 0 Å². The van der Waals surface area contributed by atoms with Gasteiger partial charge in [0.05, 0.1) is 5.56 Å². The average molecular weight is 301 g/mol. The summed E-state index contributed by atoms with van der Waals surface area (Å²) in [5.74, 6) is 0.888. The molecule has 22 heavy (non-hydrogen) atoms. The third-order valence-corrected chi connectivity index (χ3v) is 5.01. The van der Waals surface area contributed by atoms with E-state index in [4.69, 9.17) is 0 Å². The van der Waals surface area contributed by atoms with E-state index in [2.05, 4.69) is 15.2 Å². The second-order valence-electron chi connectivity index (χ2n) is 6.82. The molecular formula is C18H27N3O.